The van der Waals surface area contributed by atoms with Crippen LogP contribution in [0.1, 0.15) is 29.5 Å². The van der Waals surface area contributed by atoms with Gasteiger partial charge in [-0.25, -0.2) is 0 Å². The molecule has 0 amide bonds. The molecule has 0 unspecified atom stereocenters. The van der Waals surface area contributed by atoms with Gasteiger partial charge in [-0.05, 0) is 46.4 Å². The van der Waals surface area contributed by atoms with Crippen LogP contribution in [-0.4, -0.2) is 20.5 Å². The number of nitro benzene ring substituents is 2. The second-order valence-corrected chi connectivity index (χ2v) is 11.3. The summed E-state index contributed by atoms with van der Waals surface area (Å²) in [7, 11) is 0. The van der Waals surface area contributed by atoms with Crippen LogP contribution >= 0.6 is 23.4 Å². The van der Waals surface area contributed by atoms with Crippen LogP contribution in [0.15, 0.2) is 89.8 Å². The Kier molecular flexibility index (Phi) is 6.01. The Morgan fingerprint density at radius 3 is 2.35 bits per heavy atom. The summed E-state index contributed by atoms with van der Waals surface area (Å²) >= 11 is 8.75. The molecule has 186 valence electrons. The maximum atomic E-state index is 11.7. The summed E-state index contributed by atoms with van der Waals surface area (Å²) in [6, 6.07) is 25.8. The van der Waals surface area contributed by atoms with Crippen LogP contribution in [0.2, 0.25) is 0 Å². The molecule has 1 aliphatic heterocycles. The van der Waals surface area contributed by atoms with Gasteiger partial charge in [0.15, 0.2) is 0 Å². The number of rotatable bonds is 5. The summed E-state index contributed by atoms with van der Waals surface area (Å²) < 4.78 is 0. The maximum absolute atomic E-state index is 11.7. The Balaban J connectivity index is 1.44. The largest absolute Gasteiger partial charge is 0.378 e. The highest BCUT2D eigenvalue weighted by atomic mass is 35.5. The Morgan fingerprint density at radius 2 is 1.59 bits per heavy atom. The van der Waals surface area contributed by atoms with Gasteiger partial charge in [-0.3, -0.25) is 20.2 Å². The number of fused-ring (bicyclic) bond motifs is 5. The number of non-ortho nitro benzene ring substituents is 1. The first-order valence-electron chi connectivity index (χ1n) is 12.0. The van der Waals surface area contributed by atoms with E-state index in [9.17, 15) is 20.2 Å². The van der Waals surface area contributed by atoms with E-state index in [4.69, 9.17) is 11.6 Å². The molecule has 5 atom stereocenters. The van der Waals surface area contributed by atoms with Crippen LogP contribution in [0.5, 0.6) is 0 Å². The molecular formula is C28H22ClN3O4S. The van der Waals surface area contributed by atoms with Gasteiger partial charge < -0.3 is 5.32 Å². The number of anilines is 1. The molecule has 0 spiro atoms. The summed E-state index contributed by atoms with van der Waals surface area (Å²) in [5.41, 5.74) is 3.27. The van der Waals surface area contributed by atoms with Crippen molar-refractivity contribution in [2.75, 3.05) is 5.32 Å². The monoisotopic (exact) mass is 531 g/mol. The lowest BCUT2D eigenvalue weighted by Gasteiger charge is -2.39. The minimum atomic E-state index is -0.397. The molecule has 0 radical (unpaired) electrons. The SMILES string of the molecule is O=[N+]([O-])c1ccc([C@@H]2Nc3ccc4ccccc4c3[C@@H]3[C@H](Cl)[C@@H](Sc4ccccc4[N+](=O)[O-])C[C@@H]32)cc1. The third kappa shape index (κ3) is 4.10. The van der Waals surface area contributed by atoms with Gasteiger partial charge in [0.1, 0.15) is 0 Å². The van der Waals surface area contributed by atoms with Gasteiger partial charge in [0.25, 0.3) is 11.4 Å². The molecule has 0 aromatic heterocycles. The van der Waals surface area contributed by atoms with Gasteiger partial charge in [-0.1, -0.05) is 54.6 Å². The van der Waals surface area contributed by atoms with E-state index >= 15 is 0 Å². The number of para-hydroxylation sites is 1. The summed E-state index contributed by atoms with van der Waals surface area (Å²) in [6.45, 7) is 0. The highest BCUT2D eigenvalue weighted by Gasteiger charge is 2.51. The summed E-state index contributed by atoms with van der Waals surface area (Å²) in [5.74, 6) is 0.104. The minimum absolute atomic E-state index is 0.00415. The molecule has 0 saturated heterocycles. The average Bonchev–Trinajstić information content (AvgIpc) is 3.23. The average molecular weight is 532 g/mol. The number of nitrogens with one attached hydrogen (secondary N) is 1. The minimum Gasteiger partial charge on any atom is -0.378 e. The lowest BCUT2D eigenvalue weighted by molar-refractivity contribution is -0.387. The molecule has 4 aromatic carbocycles. The van der Waals surface area contributed by atoms with E-state index in [2.05, 4.69) is 29.6 Å². The number of alkyl halides is 1. The molecular weight excluding hydrogens is 510 g/mol. The van der Waals surface area contributed by atoms with Gasteiger partial charge in [-0.2, -0.15) is 0 Å². The quantitative estimate of drug-likeness (QED) is 0.161. The number of nitrogens with zero attached hydrogens (tertiary/aromatic N) is 2. The van der Waals surface area contributed by atoms with Gasteiger partial charge in [0, 0.05) is 35.1 Å². The number of thioether (sulfide) groups is 1. The van der Waals surface area contributed by atoms with E-state index in [0.29, 0.717) is 4.90 Å². The zero-order valence-electron chi connectivity index (χ0n) is 19.5. The zero-order valence-corrected chi connectivity index (χ0v) is 21.1. The van der Waals surface area contributed by atoms with E-state index < -0.39 is 4.92 Å². The van der Waals surface area contributed by atoms with E-state index in [1.807, 2.05) is 30.3 Å². The van der Waals surface area contributed by atoms with Crippen molar-refractivity contribution in [1.82, 2.24) is 0 Å². The van der Waals surface area contributed by atoms with Crippen molar-refractivity contribution in [2.45, 2.75) is 33.9 Å². The molecule has 2 aliphatic rings. The first-order valence-corrected chi connectivity index (χ1v) is 13.3. The molecule has 1 heterocycles. The van der Waals surface area contributed by atoms with Crippen LogP contribution in [0, 0.1) is 26.1 Å². The van der Waals surface area contributed by atoms with Crippen LogP contribution in [0.25, 0.3) is 10.8 Å². The van der Waals surface area contributed by atoms with Crippen molar-refractivity contribution in [2.24, 2.45) is 5.92 Å². The Hall–Kier alpha value is -3.62. The van der Waals surface area contributed by atoms with Crippen molar-refractivity contribution < 1.29 is 9.85 Å². The standard InChI is InChI=1S/C28H22ClN3O4S/c29-27-24(37-23-8-4-3-7-22(23)32(35)36)15-20-26(27)25-19-6-2-1-5-16(19)11-14-21(25)30-28(20)17-9-12-18(13-10-17)31(33)34/h1-14,20,24,26-28,30H,15H2/t20-,24-,26+,27+,28-/m0/s1. The lowest BCUT2D eigenvalue weighted by Crippen LogP contribution is -2.31. The van der Waals surface area contributed by atoms with Gasteiger partial charge in [0.2, 0.25) is 0 Å². The number of halogens is 1. The van der Waals surface area contributed by atoms with Crippen LogP contribution in [-0.2, 0) is 0 Å². The number of benzene rings is 4. The molecule has 0 bridgehead atoms. The molecule has 4 aromatic rings. The predicted octanol–water partition coefficient (Wildman–Crippen LogP) is 7.69. The molecule has 37 heavy (non-hydrogen) atoms. The zero-order chi connectivity index (χ0) is 25.7. The molecule has 1 N–H and O–H groups in total. The van der Waals surface area contributed by atoms with Crippen molar-refractivity contribution in [3.8, 4) is 0 Å². The van der Waals surface area contributed by atoms with Crippen molar-refractivity contribution in [3.63, 3.8) is 0 Å². The number of hydrogen-bond acceptors (Lipinski definition) is 6. The Labute approximate surface area is 222 Å². The topological polar surface area (TPSA) is 98.3 Å². The molecule has 1 fully saturated rings. The number of nitro groups is 2. The molecule has 1 saturated carbocycles. The highest BCUT2D eigenvalue weighted by molar-refractivity contribution is 8.00. The fourth-order valence-corrected chi connectivity index (χ4v) is 7.84. The van der Waals surface area contributed by atoms with Crippen molar-refractivity contribution in [1.29, 1.82) is 0 Å². The molecule has 6 rings (SSSR count). The molecule has 7 nitrogen and oxygen atoms in total. The van der Waals surface area contributed by atoms with Crippen LogP contribution in [0.3, 0.4) is 0 Å². The summed E-state index contributed by atoms with van der Waals surface area (Å²) in [6.07, 6.45) is 0.743. The Bertz CT molecular complexity index is 1530. The third-order valence-electron chi connectivity index (χ3n) is 7.51. The smallest absolute Gasteiger partial charge is 0.282 e. The third-order valence-corrected chi connectivity index (χ3v) is 9.62. The second kappa shape index (κ2) is 9.36. The van der Waals surface area contributed by atoms with Crippen LogP contribution < -0.4 is 5.32 Å². The van der Waals surface area contributed by atoms with Crippen molar-refractivity contribution in [3.05, 3.63) is 116 Å². The van der Waals surface area contributed by atoms with Gasteiger partial charge >= 0.3 is 0 Å². The fraction of sp³-hybridized carbons (Fsp3) is 0.214. The first-order chi connectivity index (χ1) is 17.9. The van der Waals surface area contributed by atoms with E-state index in [1.165, 1.54) is 35.5 Å². The lowest BCUT2D eigenvalue weighted by atomic mass is 9.75. The second-order valence-electron chi connectivity index (χ2n) is 9.47. The highest BCUT2D eigenvalue weighted by Crippen LogP contribution is 2.59. The van der Waals surface area contributed by atoms with E-state index in [1.54, 1.807) is 12.1 Å². The predicted molar refractivity (Wildman–Crippen MR) is 147 cm³/mol. The summed E-state index contributed by atoms with van der Waals surface area (Å²) in [5, 5.41) is 28.5. The van der Waals surface area contributed by atoms with Gasteiger partial charge in [0.05, 0.1) is 26.2 Å². The Morgan fingerprint density at radius 1 is 0.865 bits per heavy atom. The van der Waals surface area contributed by atoms with Crippen LogP contribution in [0.4, 0.5) is 17.1 Å². The number of hydrogen-bond donors (Lipinski definition) is 1. The normalized spacial score (nSPS) is 24.2. The maximum Gasteiger partial charge on any atom is 0.282 e. The molecule has 9 heteroatoms. The molecule has 1 aliphatic carbocycles. The summed E-state index contributed by atoms with van der Waals surface area (Å²) in [4.78, 5) is 22.7. The fourth-order valence-electron chi connectivity index (χ4n) is 5.90. The van der Waals surface area contributed by atoms with Gasteiger partial charge in [-0.15, -0.1) is 23.4 Å². The van der Waals surface area contributed by atoms with E-state index in [0.717, 1.165) is 28.4 Å². The first kappa shape index (κ1) is 23.8. The van der Waals surface area contributed by atoms with E-state index in [-0.39, 0.29) is 44.8 Å². The van der Waals surface area contributed by atoms with Crippen molar-refractivity contribution >= 4 is 51.2 Å².